The second-order valence-corrected chi connectivity index (χ2v) is 6.72. The molecule has 0 spiro atoms. The Hall–Kier alpha value is -3.73. The van der Waals surface area contributed by atoms with Crippen molar-refractivity contribution in [2.24, 2.45) is 0 Å². The monoisotopic (exact) mass is 387 g/mol. The standard InChI is InChI=1S/C24H21NO4/c1-16-8-9-17(2)21(14-16)24(28)29-15-22(26)18-10-12-20(13-11-18)25-23(27)19-6-4-3-5-7-19/h3-14H,15H2,1-2H3,(H,25,27). The van der Waals surface area contributed by atoms with E-state index in [4.69, 9.17) is 4.74 Å². The minimum Gasteiger partial charge on any atom is -0.454 e. The minimum absolute atomic E-state index is 0.230. The number of hydrogen-bond acceptors (Lipinski definition) is 4. The summed E-state index contributed by atoms with van der Waals surface area (Å²) in [6.45, 7) is 3.36. The van der Waals surface area contributed by atoms with E-state index in [1.165, 1.54) is 0 Å². The molecule has 3 rings (SSSR count). The Morgan fingerprint density at radius 1 is 0.828 bits per heavy atom. The van der Waals surface area contributed by atoms with Crippen LogP contribution in [0.25, 0.3) is 0 Å². The molecule has 0 aliphatic carbocycles. The molecular formula is C24H21NO4. The molecule has 0 fully saturated rings. The van der Waals surface area contributed by atoms with Crippen LogP contribution in [0.5, 0.6) is 0 Å². The van der Waals surface area contributed by atoms with Gasteiger partial charge in [0.15, 0.2) is 12.4 Å². The maximum atomic E-state index is 12.3. The van der Waals surface area contributed by atoms with Crippen LogP contribution in [0.2, 0.25) is 0 Å². The highest BCUT2D eigenvalue weighted by molar-refractivity contribution is 6.05. The summed E-state index contributed by atoms with van der Waals surface area (Å²) >= 11 is 0. The molecule has 3 aromatic carbocycles. The summed E-state index contributed by atoms with van der Waals surface area (Å²) < 4.78 is 5.17. The Morgan fingerprint density at radius 2 is 1.52 bits per heavy atom. The first-order chi connectivity index (χ1) is 13.9. The van der Waals surface area contributed by atoms with E-state index in [1.807, 2.05) is 32.0 Å². The van der Waals surface area contributed by atoms with Gasteiger partial charge in [-0.2, -0.15) is 0 Å². The van der Waals surface area contributed by atoms with Crippen molar-refractivity contribution in [2.45, 2.75) is 13.8 Å². The van der Waals surface area contributed by atoms with Gasteiger partial charge >= 0.3 is 5.97 Å². The van der Waals surface area contributed by atoms with E-state index in [-0.39, 0.29) is 18.3 Å². The minimum atomic E-state index is -0.522. The number of carbonyl (C=O) groups is 3. The predicted octanol–water partition coefficient (Wildman–Crippen LogP) is 4.60. The summed E-state index contributed by atoms with van der Waals surface area (Å²) in [5.41, 5.74) is 3.72. The highest BCUT2D eigenvalue weighted by Crippen LogP contribution is 2.14. The lowest BCUT2D eigenvalue weighted by molar-refractivity contribution is 0.0474. The fraction of sp³-hybridized carbons (Fsp3) is 0.125. The van der Waals surface area contributed by atoms with Gasteiger partial charge in [-0.05, 0) is 61.9 Å². The molecule has 1 amide bonds. The largest absolute Gasteiger partial charge is 0.454 e. The number of esters is 1. The molecule has 0 saturated carbocycles. The molecule has 29 heavy (non-hydrogen) atoms. The maximum Gasteiger partial charge on any atom is 0.338 e. The molecule has 0 aromatic heterocycles. The van der Waals surface area contributed by atoms with Crippen molar-refractivity contribution in [2.75, 3.05) is 11.9 Å². The number of hydrogen-bond donors (Lipinski definition) is 1. The first-order valence-corrected chi connectivity index (χ1v) is 9.18. The van der Waals surface area contributed by atoms with Crippen LogP contribution in [0.3, 0.4) is 0 Å². The van der Waals surface area contributed by atoms with Gasteiger partial charge in [0.25, 0.3) is 5.91 Å². The van der Waals surface area contributed by atoms with Gasteiger partial charge in [0.1, 0.15) is 0 Å². The van der Waals surface area contributed by atoms with Crippen molar-refractivity contribution < 1.29 is 19.1 Å². The molecule has 1 N–H and O–H groups in total. The van der Waals surface area contributed by atoms with Gasteiger partial charge in [0, 0.05) is 16.8 Å². The molecule has 5 heteroatoms. The Kier molecular flexibility index (Phi) is 6.19. The van der Waals surface area contributed by atoms with Gasteiger partial charge in [-0.25, -0.2) is 4.79 Å². The van der Waals surface area contributed by atoms with Crippen LogP contribution in [0, 0.1) is 13.8 Å². The topological polar surface area (TPSA) is 72.5 Å². The van der Waals surface area contributed by atoms with E-state index in [2.05, 4.69) is 5.32 Å². The van der Waals surface area contributed by atoms with Crippen LogP contribution < -0.4 is 5.32 Å². The van der Waals surface area contributed by atoms with E-state index in [9.17, 15) is 14.4 Å². The molecule has 0 saturated heterocycles. The summed E-state index contributed by atoms with van der Waals surface area (Å²) in [6, 6.07) is 20.8. The molecule has 0 bridgehead atoms. The number of carbonyl (C=O) groups excluding carboxylic acids is 3. The number of nitrogens with one attached hydrogen (secondary N) is 1. The van der Waals surface area contributed by atoms with E-state index in [0.717, 1.165) is 11.1 Å². The first-order valence-electron chi connectivity index (χ1n) is 9.18. The SMILES string of the molecule is Cc1ccc(C)c(C(=O)OCC(=O)c2ccc(NC(=O)c3ccccc3)cc2)c1. The second-order valence-electron chi connectivity index (χ2n) is 6.72. The molecule has 146 valence electrons. The Labute approximate surface area is 169 Å². The average molecular weight is 387 g/mol. The number of aryl methyl sites for hydroxylation is 2. The summed E-state index contributed by atoms with van der Waals surface area (Å²) in [5, 5.41) is 2.77. The molecule has 5 nitrogen and oxygen atoms in total. The van der Waals surface area contributed by atoms with E-state index in [1.54, 1.807) is 54.6 Å². The average Bonchev–Trinajstić information content (AvgIpc) is 2.74. The molecule has 0 atom stereocenters. The van der Waals surface area contributed by atoms with Crippen molar-refractivity contribution in [1.29, 1.82) is 0 Å². The first kappa shape index (κ1) is 20.0. The molecular weight excluding hydrogens is 366 g/mol. The molecule has 0 radical (unpaired) electrons. The second kappa shape index (κ2) is 8.97. The number of rotatable bonds is 6. The Bertz CT molecular complexity index is 1040. The van der Waals surface area contributed by atoms with Gasteiger partial charge < -0.3 is 10.1 Å². The van der Waals surface area contributed by atoms with Gasteiger partial charge in [0.05, 0.1) is 5.56 Å². The normalized spacial score (nSPS) is 10.3. The lowest BCUT2D eigenvalue weighted by Gasteiger charge is -2.09. The van der Waals surface area contributed by atoms with Crippen LogP contribution in [-0.4, -0.2) is 24.3 Å². The van der Waals surface area contributed by atoms with Crippen LogP contribution in [0.1, 0.15) is 42.2 Å². The number of Topliss-reactive ketones (excluding diaryl/α,β-unsaturated/α-hetero) is 1. The summed E-state index contributed by atoms with van der Waals surface area (Å²) in [5.74, 6) is -1.07. The van der Waals surface area contributed by atoms with Crippen molar-refractivity contribution in [3.8, 4) is 0 Å². The lowest BCUT2D eigenvalue weighted by Crippen LogP contribution is -2.15. The number of benzene rings is 3. The van der Waals surface area contributed by atoms with Crippen LogP contribution >= 0.6 is 0 Å². The smallest absolute Gasteiger partial charge is 0.338 e. The number of ketones is 1. The third-order valence-electron chi connectivity index (χ3n) is 4.45. The van der Waals surface area contributed by atoms with E-state index >= 15 is 0 Å². The van der Waals surface area contributed by atoms with Crippen LogP contribution in [0.4, 0.5) is 5.69 Å². The summed E-state index contributed by atoms with van der Waals surface area (Å²) in [6.07, 6.45) is 0. The van der Waals surface area contributed by atoms with Gasteiger partial charge in [-0.15, -0.1) is 0 Å². The number of amides is 1. The van der Waals surface area contributed by atoms with E-state index < -0.39 is 5.97 Å². The van der Waals surface area contributed by atoms with Crippen molar-refractivity contribution in [3.63, 3.8) is 0 Å². The fourth-order valence-electron chi connectivity index (χ4n) is 2.78. The highest BCUT2D eigenvalue weighted by Gasteiger charge is 2.14. The van der Waals surface area contributed by atoms with Gasteiger partial charge in [-0.3, -0.25) is 9.59 Å². The molecule has 0 unspecified atom stereocenters. The Morgan fingerprint density at radius 3 is 2.21 bits per heavy atom. The molecule has 0 aliphatic rings. The highest BCUT2D eigenvalue weighted by atomic mass is 16.5. The summed E-state index contributed by atoms with van der Waals surface area (Å²) in [4.78, 5) is 36.7. The third-order valence-corrected chi connectivity index (χ3v) is 4.45. The van der Waals surface area contributed by atoms with Crippen molar-refractivity contribution in [3.05, 3.63) is 101 Å². The Balaban J connectivity index is 1.58. The lowest BCUT2D eigenvalue weighted by atomic mass is 10.1. The molecule has 0 aliphatic heterocycles. The maximum absolute atomic E-state index is 12.3. The third kappa shape index (κ3) is 5.17. The van der Waals surface area contributed by atoms with Crippen LogP contribution in [-0.2, 0) is 4.74 Å². The molecule has 3 aromatic rings. The van der Waals surface area contributed by atoms with Gasteiger partial charge in [-0.1, -0.05) is 35.9 Å². The van der Waals surface area contributed by atoms with Crippen molar-refractivity contribution in [1.82, 2.24) is 0 Å². The zero-order valence-electron chi connectivity index (χ0n) is 16.3. The van der Waals surface area contributed by atoms with E-state index in [0.29, 0.717) is 22.4 Å². The summed E-state index contributed by atoms with van der Waals surface area (Å²) in [7, 11) is 0. The van der Waals surface area contributed by atoms with Gasteiger partial charge in [0.2, 0.25) is 0 Å². The predicted molar refractivity (Wildman–Crippen MR) is 111 cm³/mol. The molecule has 0 heterocycles. The zero-order valence-corrected chi connectivity index (χ0v) is 16.3. The number of anilines is 1. The number of ether oxygens (including phenoxy) is 1. The fourth-order valence-corrected chi connectivity index (χ4v) is 2.78. The zero-order chi connectivity index (χ0) is 20.8. The van der Waals surface area contributed by atoms with Crippen LogP contribution in [0.15, 0.2) is 72.8 Å². The van der Waals surface area contributed by atoms with Crippen molar-refractivity contribution >= 4 is 23.3 Å². The quantitative estimate of drug-likeness (QED) is 0.496.